The molecule has 0 saturated carbocycles. The van der Waals surface area contributed by atoms with Crippen molar-refractivity contribution in [1.29, 1.82) is 0 Å². The Bertz CT molecular complexity index is 282. The second-order valence-corrected chi connectivity index (χ2v) is 3.39. The maximum absolute atomic E-state index is 9.33. The molecule has 1 N–H and O–H groups in total. The second kappa shape index (κ2) is 5.53. The molecular formula is C12H18O2. The van der Waals surface area contributed by atoms with Crippen LogP contribution in [0.25, 0.3) is 0 Å². The van der Waals surface area contributed by atoms with Gasteiger partial charge in [-0.05, 0) is 24.5 Å². The van der Waals surface area contributed by atoms with Crippen molar-refractivity contribution in [3.05, 3.63) is 23.8 Å². The van der Waals surface area contributed by atoms with Crippen LogP contribution in [0.1, 0.15) is 32.3 Å². The van der Waals surface area contributed by atoms with Gasteiger partial charge in [0.05, 0.1) is 6.61 Å². The van der Waals surface area contributed by atoms with Crippen LogP contribution in [0.2, 0.25) is 0 Å². The molecule has 0 aliphatic carbocycles. The summed E-state index contributed by atoms with van der Waals surface area (Å²) >= 11 is 0. The first-order chi connectivity index (χ1) is 6.77. The molecule has 0 atom stereocenters. The first-order valence-corrected chi connectivity index (χ1v) is 5.22. The predicted octanol–water partition coefficient (Wildman–Crippen LogP) is 3.13. The Hall–Kier alpha value is -1.18. The Kier molecular flexibility index (Phi) is 4.30. The van der Waals surface area contributed by atoms with E-state index in [-0.39, 0.29) is 5.75 Å². The molecule has 1 rings (SSSR count). The van der Waals surface area contributed by atoms with Gasteiger partial charge in [0.2, 0.25) is 0 Å². The smallest absolute Gasteiger partial charge is 0.126 e. The highest BCUT2D eigenvalue weighted by atomic mass is 16.5. The normalized spacial score (nSPS) is 10.1. The minimum absolute atomic E-state index is 0.274. The lowest BCUT2D eigenvalue weighted by molar-refractivity contribution is 0.312. The first-order valence-electron chi connectivity index (χ1n) is 5.22. The zero-order valence-corrected chi connectivity index (χ0v) is 8.92. The van der Waals surface area contributed by atoms with Gasteiger partial charge >= 0.3 is 0 Å². The van der Waals surface area contributed by atoms with Gasteiger partial charge in [-0.2, -0.15) is 0 Å². The van der Waals surface area contributed by atoms with Crippen molar-refractivity contribution in [2.45, 2.75) is 33.1 Å². The van der Waals surface area contributed by atoms with Crippen molar-refractivity contribution >= 4 is 0 Å². The van der Waals surface area contributed by atoms with Gasteiger partial charge in [0.1, 0.15) is 11.5 Å². The molecule has 0 aliphatic rings. The molecular weight excluding hydrogens is 176 g/mol. The lowest BCUT2D eigenvalue weighted by Gasteiger charge is -2.10. The summed E-state index contributed by atoms with van der Waals surface area (Å²) in [7, 11) is 0. The van der Waals surface area contributed by atoms with Crippen LogP contribution in [0.3, 0.4) is 0 Å². The van der Waals surface area contributed by atoms with E-state index in [0.29, 0.717) is 6.61 Å². The third-order valence-electron chi connectivity index (χ3n) is 2.03. The minimum Gasteiger partial charge on any atom is -0.508 e. The third kappa shape index (κ3) is 2.95. The summed E-state index contributed by atoms with van der Waals surface area (Å²) < 4.78 is 5.56. The van der Waals surface area contributed by atoms with Gasteiger partial charge in [0.25, 0.3) is 0 Å². The van der Waals surface area contributed by atoms with E-state index in [1.807, 2.05) is 6.07 Å². The average Bonchev–Trinajstić information content (AvgIpc) is 2.18. The number of benzene rings is 1. The van der Waals surface area contributed by atoms with Crippen LogP contribution in [0, 0.1) is 0 Å². The standard InChI is InChI=1S/C12H18O2/c1-3-5-10-6-7-11(13)9-12(10)14-8-4-2/h6-7,9,13H,3-5,8H2,1-2H3. The molecule has 78 valence electrons. The molecule has 0 amide bonds. The van der Waals surface area contributed by atoms with Gasteiger partial charge in [-0.15, -0.1) is 0 Å². The molecule has 0 aliphatic heterocycles. The van der Waals surface area contributed by atoms with E-state index in [0.717, 1.165) is 25.0 Å². The van der Waals surface area contributed by atoms with Crippen LogP contribution in [0.15, 0.2) is 18.2 Å². The zero-order chi connectivity index (χ0) is 10.4. The van der Waals surface area contributed by atoms with Crippen LogP contribution < -0.4 is 4.74 Å². The van der Waals surface area contributed by atoms with E-state index >= 15 is 0 Å². The van der Waals surface area contributed by atoms with E-state index in [9.17, 15) is 5.11 Å². The number of aryl methyl sites for hydroxylation is 1. The Labute approximate surface area is 85.5 Å². The molecule has 14 heavy (non-hydrogen) atoms. The maximum atomic E-state index is 9.33. The molecule has 0 radical (unpaired) electrons. The van der Waals surface area contributed by atoms with Crippen LogP contribution in [0.4, 0.5) is 0 Å². The topological polar surface area (TPSA) is 29.5 Å². The monoisotopic (exact) mass is 194 g/mol. The molecule has 0 spiro atoms. The molecule has 1 aromatic carbocycles. The summed E-state index contributed by atoms with van der Waals surface area (Å²) in [4.78, 5) is 0. The number of phenolic OH excluding ortho intramolecular Hbond substituents is 1. The van der Waals surface area contributed by atoms with E-state index in [1.54, 1.807) is 12.1 Å². The zero-order valence-electron chi connectivity index (χ0n) is 8.92. The van der Waals surface area contributed by atoms with Gasteiger partial charge in [0.15, 0.2) is 0 Å². The van der Waals surface area contributed by atoms with Crippen LogP contribution in [-0.4, -0.2) is 11.7 Å². The number of hydrogen-bond donors (Lipinski definition) is 1. The highest BCUT2D eigenvalue weighted by Crippen LogP contribution is 2.25. The number of aromatic hydroxyl groups is 1. The Morgan fingerprint density at radius 3 is 2.64 bits per heavy atom. The Morgan fingerprint density at radius 1 is 1.21 bits per heavy atom. The lowest BCUT2D eigenvalue weighted by atomic mass is 10.1. The van der Waals surface area contributed by atoms with E-state index in [1.165, 1.54) is 5.56 Å². The number of ether oxygens (including phenoxy) is 1. The molecule has 2 nitrogen and oxygen atoms in total. The molecule has 0 aromatic heterocycles. The fraction of sp³-hybridized carbons (Fsp3) is 0.500. The molecule has 0 heterocycles. The van der Waals surface area contributed by atoms with Gasteiger partial charge < -0.3 is 9.84 Å². The molecule has 0 saturated heterocycles. The second-order valence-electron chi connectivity index (χ2n) is 3.39. The van der Waals surface area contributed by atoms with Crippen LogP contribution >= 0.6 is 0 Å². The Morgan fingerprint density at radius 2 is 2.00 bits per heavy atom. The fourth-order valence-corrected chi connectivity index (χ4v) is 1.37. The summed E-state index contributed by atoms with van der Waals surface area (Å²) in [5.74, 6) is 1.10. The largest absolute Gasteiger partial charge is 0.508 e. The number of hydrogen-bond acceptors (Lipinski definition) is 2. The fourth-order valence-electron chi connectivity index (χ4n) is 1.37. The number of phenols is 1. The van der Waals surface area contributed by atoms with Crippen LogP contribution in [0.5, 0.6) is 11.5 Å². The van der Waals surface area contributed by atoms with Crippen molar-refractivity contribution in [3.63, 3.8) is 0 Å². The molecule has 0 fully saturated rings. The van der Waals surface area contributed by atoms with Gasteiger partial charge in [-0.25, -0.2) is 0 Å². The van der Waals surface area contributed by atoms with Crippen molar-refractivity contribution in [2.75, 3.05) is 6.61 Å². The summed E-state index contributed by atoms with van der Waals surface area (Å²) in [6.07, 6.45) is 3.08. The molecule has 1 aromatic rings. The van der Waals surface area contributed by atoms with Gasteiger partial charge in [0, 0.05) is 6.07 Å². The summed E-state index contributed by atoms with van der Waals surface area (Å²) in [5.41, 5.74) is 1.18. The summed E-state index contributed by atoms with van der Waals surface area (Å²) in [6, 6.07) is 5.34. The van der Waals surface area contributed by atoms with Gasteiger partial charge in [-0.3, -0.25) is 0 Å². The first kappa shape index (κ1) is 10.9. The molecule has 0 bridgehead atoms. The third-order valence-corrected chi connectivity index (χ3v) is 2.03. The summed E-state index contributed by atoms with van der Waals surface area (Å²) in [6.45, 7) is 4.92. The van der Waals surface area contributed by atoms with Gasteiger partial charge in [-0.1, -0.05) is 26.3 Å². The van der Waals surface area contributed by atoms with Crippen molar-refractivity contribution in [2.24, 2.45) is 0 Å². The average molecular weight is 194 g/mol. The minimum atomic E-state index is 0.274. The van der Waals surface area contributed by atoms with Crippen molar-refractivity contribution in [3.8, 4) is 11.5 Å². The SMILES string of the molecule is CCCOc1cc(O)ccc1CCC. The maximum Gasteiger partial charge on any atom is 0.126 e. The quantitative estimate of drug-likeness (QED) is 0.780. The van der Waals surface area contributed by atoms with Crippen molar-refractivity contribution in [1.82, 2.24) is 0 Å². The highest BCUT2D eigenvalue weighted by molar-refractivity contribution is 5.40. The lowest BCUT2D eigenvalue weighted by Crippen LogP contribution is -1.98. The van der Waals surface area contributed by atoms with E-state index in [4.69, 9.17) is 4.74 Å². The molecule has 0 unspecified atom stereocenters. The van der Waals surface area contributed by atoms with Crippen molar-refractivity contribution < 1.29 is 9.84 Å². The number of rotatable bonds is 5. The highest BCUT2D eigenvalue weighted by Gasteiger charge is 2.03. The molecule has 2 heteroatoms. The summed E-state index contributed by atoms with van der Waals surface area (Å²) in [5, 5.41) is 9.33. The van der Waals surface area contributed by atoms with E-state index < -0.39 is 0 Å². The Balaban J connectivity index is 2.79. The predicted molar refractivity (Wildman–Crippen MR) is 57.9 cm³/mol. The van der Waals surface area contributed by atoms with E-state index in [2.05, 4.69) is 13.8 Å². The van der Waals surface area contributed by atoms with Crippen LogP contribution in [-0.2, 0) is 6.42 Å².